The Labute approximate surface area is 126 Å². The zero-order valence-electron chi connectivity index (χ0n) is 11.8. The minimum absolute atomic E-state index is 0.247. The molecule has 2 N–H and O–H groups in total. The molecule has 3 nitrogen and oxygen atoms in total. The zero-order chi connectivity index (χ0) is 15.2. The third kappa shape index (κ3) is 4.37. The third-order valence-corrected chi connectivity index (χ3v) is 4.45. The number of ether oxygens (including phenoxy) is 1. The van der Waals surface area contributed by atoms with Crippen molar-refractivity contribution < 1.29 is 13.3 Å². The Morgan fingerprint density at radius 2 is 1.95 bits per heavy atom. The highest BCUT2D eigenvalue weighted by Crippen LogP contribution is 2.19. The van der Waals surface area contributed by atoms with Gasteiger partial charge in [-0.05, 0) is 42.8 Å². The first-order valence-corrected chi connectivity index (χ1v) is 8.04. The number of nitrogens with two attached hydrogens (primary N) is 1. The van der Waals surface area contributed by atoms with E-state index in [0.29, 0.717) is 11.5 Å². The van der Waals surface area contributed by atoms with Crippen molar-refractivity contribution >= 4 is 10.8 Å². The van der Waals surface area contributed by atoms with Gasteiger partial charge in [0.2, 0.25) is 0 Å². The van der Waals surface area contributed by atoms with Crippen LogP contribution in [0.3, 0.4) is 0 Å². The summed E-state index contributed by atoms with van der Waals surface area (Å²) in [5, 5.41) is 0. The predicted molar refractivity (Wildman–Crippen MR) is 82.2 cm³/mol. The molecule has 0 saturated carbocycles. The molecule has 112 valence electrons. The summed E-state index contributed by atoms with van der Waals surface area (Å²) in [7, 11) is -1.33. The van der Waals surface area contributed by atoms with Crippen LogP contribution >= 0.6 is 0 Å². The number of halogens is 1. The van der Waals surface area contributed by atoms with E-state index in [-0.39, 0.29) is 11.8 Å². The van der Waals surface area contributed by atoms with Gasteiger partial charge in [0.1, 0.15) is 11.6 Å². The molecule has 2 atom stereocenters. The molecule has 0 aliphatic rings. The van der Waals surface area contributed by atoms with Gasteiger partial charge in [-0.2, -0.15) is 0 Å². The highest BCUT2D eigenvalue weighted by Gasteiger charge is 2.13. The first-order chi connectivity index (χ1) is 10.1. The minimum Gasteiger partial charge on any atom is -0.494 e. The highest BCUT2D eigenvalue weighted by atomic mass is 32.2. The van der Waals surface area contributed by atoms with Gasteiger partial charge < -0.3 is 10.5 Å². The first kappa shape index (κ1) is 15.7. The second-order valence-corrected chi connectivity index (χ2v) is 6.07. The highest BCUT2D eigenvalue weighted by molar-refractivity contribution is 7.85. The van der Waals surface area contributed by atoms with Crippen LogP contribution in [0.15, 0.2) is 53.4 Å². The fraction of sp³-hybridized carbons (Fsp3) is 0.250. The van der Waals surface area contributed by atoms with Crippen molar-refractivity contribution in [1.82, 2.24) is 0 Å². The number of rotatable bonds is 6. The lowest BCUT2D eigenvalue weighted by atomic mass is 10.1. The van der Waals surface area contributed by atoms with Crippen molar-refractivity contribution in [1.29, 1.82) is 0 Å². The van der Waals surface area contributed by atoms with Crippen LogP contribution in [0.2, 0.25) is 0 Å². The normalized spacial score (nSPS) is 13.7. The summed E-state index contributed by atoms with van der Waals surface area (Å²) < 4.78 is 30.7. The Kier molecular flexibility index (Phi) is 5.47. The van der Waals surface area contributed by atoms with Crippen LogP contribution in [0.25, 0.3) is 0 Å². The maximum atomic E-state index is 13.1. The smallest absolute Gasteiger partial charge is 0.124 e. The molecule has 0 bridgehead atoms. The quantitative estimate of drug-likeness (QED) is 0.892. The Morgan fingerprint density at radius 1 is 1.24 bits per heavy atom. The maximum Gasteiger partial charge on any atom is 0.124 e. The van der Waals surface area contributed by atoms with Gasteiger partial charge in [-0.1, -0.05) is 18.2 Å². The van der Waals surface area contributed by atoms with Gasteiger partial charge in [0.25, 0.3) is 0 Å². The van der Waals surface area contributed by atoms with Crippen molar-refractivity contribution in [3.05, 3.63) is 59.9 Å². The average Bonchev–Trinajstić information content (AvgIpc) is 2.48. The van der Waals surface area contributed by atoms with Gasteiger partial charge in [0.15, 0.2) is 0 Å². The zero-order valence-corrected chi connectivity index (χ0v) is 12.6. The average molecular weight is 307 g/mol. The Bertz CT molecular complexity index is 616. The van der Waals surface area contributed by atoms with Gasteiger partial charge in [-0.3, -0.25) is 4.21 Å². The third-order valence-electron chi connectivity index (χ3n) is 3.01. The van der Waals surface area contributed by atoms with Crippen LogP contribution < -0.4 is 10.5 Å². The van der Waals surface area contributed by atoms with Crippen molar-refractivity contribution in [3.63, 3.8) is 0 Å². The molecule has 0 amide bonds. The molecule has 5 heteroatoms. The van der Waals surface area contributed by atoms with Crippen molar-refractivity contribution in [2.75, 3.05) is 12.4 Å². The Morgan fingerprint density at radius 3 is 2.57 bits per heavy atom. The molecule has 2 aromatic carbocycles. The van der Waals surface area contributed by atoms with Crippen LogP contribution in [0.1, 0.15) is 18.5 Å². The van der Waals surface area contributed by atoms with E-state index < -0.39 is 16.6 Å². The van der Waals surface area contributed by atoms with E-state index in [9.17, 15) is 8.60 Å². The largest absolute Gasteiger partial charge is 0.494 e. The number of benzene rings is 2. The molecular formula is C16H18FNO2S. The molecule has 0 saturated heterocycles. The maximum absolute atomic E-state index is 13.1. The van der Waals surface area contributed by atoms with E-state index in [0.717, 1.165) is 11.3 Å². The lowest BCUT2D eigenvalue weighted by Gasteiger charge is -2.12. The summed E-state index contributed by atoms with van der Waals surface area (Å²) in [5.41, 5.74) is 6.95. The van der Waals surface area contributed by atoms with E-state index in [1.54, 1.807) is 12.1 Å². The molecule has 0 spiro atoms. The fourth-order valence-electron chi connectivity index (χ4n) is 1.94. The fourth-order valence-corrected chi connectivity index (χ4v) is 3.13. The van der Waals surface area contributed by atoms with E-state index in [1.165, 1.54) is 12.1 Å². The van der Waals surface area contributed by atoms with E-state index >= 15 is 0 Å². The first-order valence-electron chi connectivity index (χ1n) is 6.72. The monoisotopic (exact) mass is 307 g/mol. The van der Waals surface area contributed by atoms with Gasteiger partial charge in [-0.15, -0.1) is 0 Å². The summed E-state index contributed by atoms with van der Waals surface area (Å²) in [5.74, 6) is 0.632. The predicted octanol–water partition coefficient (Wildman–Crippen LogP) is 3.03. The molecule has 0 heterocycles. The van der Waals surface area contributed by atoms with Crippen LogP contribution in [0, 0.1) is 5.82 Å². The van der Waals surface area contributed by atoms with Crippen molar-refractivity contribution in [3.8, 4) is 5.75 Å². The molecule has 0 aromatic heterocycles. The van der Waals surface area contributed by atoms with Gasteiger partial charge in [0, 0.05) is 16.7 Å². The molecule has 0 fully saturated rings. The lowest BCUT2D eigenvalue weighted by Crippen LogP contribution is -2.18. The molecule has 2 aromatic rings. The number of hydrogen-bond donors (Lipinski definition) is 1. The van der Waals surface area contributed by atoms with E-state index in [2.05, 4.69) is 0 Å². The van der Waals surface area contributed by atoms with Crippen LogP contribution in [0.5, 0.6) is 5.75 Å². The van der Waals surface area contributed by atoms with Crippen LogP contribution in [-0.2, 0) is 10.8 Å². The molecule has 0 aliphatic heterocycles. The van der Waals surface area contributed by atoms with Crippen molar-refractivity contribution in [2.24, 2.45) is 5.73 Å². The second-order valence-electron chi connectivity index (χ2n) is 4.58. The standard InChI is InChI=1S/C16H18FNO2S/c1-2-20-14-8-6-12(7-9-14)16(18)11-21(19)15-5-3-4-13(17)10-15/h3-10,16H,2,11,18H2,1H3. The summed E-state index contributed by atoms with van der Waals surface area (Å²) in [4.78, 5) is 0.455. The molecule has 0 aliphatic carbocycles. The summed E-state index contributed by atoms with van der Waals surface area (Å²) in [6.45, 7) is 2.52. The van der Waals surface area contributed by atoms with Crippen molar-refractivity contribution in [2.45, 2.75) is 17.9 Å². The SMILES string of the molecule is CCOc1ccc(C(N)CS(=O)c2cccc(F)c2)cc1. The topological polar surface area (TPSA) is 52.3 Å². The van der Waals surface area contributed by atoms with Gasteiger partial charge in [0.05, 0.1) is 17.4 Å². The summed E-state index contributed by atoms with van der Waals surface area (Å²) >= 11 is 0. The Balaban J connectivity index is 2.03. The minimum atomic E-state index is -1.33. The molecular weight excluding hydrogens is 289 g/mol. The van der Waals surface area contributed by atoms with Gasteiger partial charge >= 0.3 is 0 Å². The summed E-state index contributed by atoms with van der Waals surface area (Å²) in [6.07, 6.45) is 0. The van der Waals surface area contributed by atoms with Crippen LogP contribution in [0.4, 0.5) is 4.39 Å². The molecule has 2 unspecified atom stereocenters. The molecule has 2 rings (SSSR count). The lowest BCUT2D eigenvalue weighted by molar-refractivity contribution is 0.340. The molecule has 0 radical (unpaired) electrons. The molecule has 21 heavy (non-hydrogen) atoms. The summed E-state index contributed by atoms with van der Waals surface area (Å²) in [6, 6.07) is 12.8. The van der Waals surface area contributed by atoms with Crippen LogP contribution in [-0.4, -0.2) is 16.6 Å². The van der Waals surface area contributed by atoms with E-state index in [4.69, 9.17) is 10.5 Å². The van der Waals surface area contributed by atoms with Gasteiger partial charge in [-0.25, -0.2) is 4.39 Å². The number of hydrogen-bond acceptors (Lipinski definition) is 3. The van der Waals surface area contributed by atoms with E-state index in [1.807, 2.05) is 31.2 Å². The second kappa shape index (κ2) is 7.33. The Hall–Kier alpha value is -1.72.